The molecule has 0 N–H and O–H groups in total. The predicted octanol–water partition coefficient (Wildman–Crippen LogP) is 4.42. The van der Waals surface area contributed by atoms with E-state index in [9.17, 15) is 4.39 Å². The highest BCUT2D eigenvalue weighted by Gasteiger charge is 2.35. The fourth-order valence-electron chi connectivity index (χ4n) is 1.66. The van der Waals surface area contributed by atoms with Crippen LogP contribution < -0.4 is 0 Å². The van der Waals surface area contributed by atoms with E-state index in [0.29, 0.717) is 12.8 Å². The Hall–Kier alpha value is -0.215. The third kappa shape index (κ3) is 3.64. The summed E-state index contributed by atoms with van der Waals surface area (Å²) in [6.07, 6.45) is 4.00. The second-order valence-corrected chi connectivity index (χ2v) is 6.86. The van der Waals surface area contributed by atoms with Crippen molar-refractivity contribution in [1.82, 2.24) is 0 Å². The van der Waals surface area contributed by atoms with Crippen LogP contribution in [0, 0.1) is 0 Å². The first-order chi connectivity index (χ1) is 8.19. The molecule has 0 aliphatic heterocycles. The van der Waals surface area contributed by atoms with Gasteiger partial charge in [0.25, 0.3) is 0 Å². The smallest absolute Gasteiger partial charge is 0.330 e. The lowest BCUT2D eigenvalue weighted by atomic mass is 9.75. The minimum atomic E-state index is -0.413. The first-order valence-corrected chi connectivity index (χ1v) is 6.95. The zero-order valence-electron chi connectivity index (χ0n) is 12.0. The zero-order valence-corrected chi connectivity index (χ0v) is 12.9. The molecule has 0 saturated heterocycles. The first-order valence-electron chi connectivity index (χ1n) is 6.50. The van der Waals surface area contributed by atoms with E-state index in [4.69, 9.17) is 4.65 Å². The molecule has 1 aliphatic carbocycles. The monoisotopic (exact) mass is 269 g/mol. The van der Waals surface area contributed by atoms with Crippen LogP contribution in [0.15, 0.2) is 22.9 Å². The average Bonchev–Trinajstić information content (AvgIpc) is 2.25. The van der Waals surface area contributed by atoms with Crippen LogP contribution in [0.3, 0.4) is 0 Å². The molecule has 1 nitrogen and oxygen atoms in total. The molecule has 0 bridgehead atoms. The first kappa shape index (κ1) is 15.8. The second-order valence-electron chi connectivity index (χ2n) is 5.74. The third-order valence-electron chi connectivity index (χ3n) is 3.71. The van der Waals surface area contributed by atoms with Crippen LogP contribution in [0.25, 0.3) is 0 Å². The molecule has 0 aromatic carbocycles. The van der Waals surface area contributed by atoms with Crippen molar-refractivity contribution in [1.29, 1.82) is 0 Å². The summed E-state index contributed by atoms with van der Waals surface area (Å²) in [7, 11) is 1.69. The summed E-state index contributed by atoms with van der Waals surface area (Å²) in [6, 6.07) is 0. The SMILES string of the molecule is CCC1=C(F)CCC=C1[B]OC(C)(C)C(C)(C)S. The highest BCUT2D eigenvalue weighted by Crippen LogP contribution is 2.33. The largest absolute Gasteiger partial charge is 0.428 e. The summed E-state index contributed by atoms with van der Waals surface area (Å²) in [5.41, 5.74) is 1.24. The maximum absolute atomic E-state index is 13.7. The predicted molar refractivity (Wildman–Crippen MR) is 79.7 cm³/mol. The molecule has 0 aromatic heterocycles. The van der Waals surface area contributed by atoms with Crippen molar-refractivity contribution in [3.8, 4) is 0 Å². The fraction of sp³-hybridized carbons (Fsp3) is 0.714. The topological polar surface area (TPSA) is 9.23 Å². The quantitative estimate of drug-likeness (QED) is 0.574. The van der Waals surface area contributed by atoms with E-state index < -0.39 is 5.60 Å². The molecule has 0 aromatic rings. The highest BCUT2D eigenvalue weighted by atomic mass is 32.1. The number of thiol groups is 1. The molecule has 1 radical (unpaired) electrons. The fourth-order valence-corrected chi connectivity index (χ4v) is 1.71. The van der Waals surface area contributed by atoms with Gasteiger partial charge in [0, 0.05) is 11.2 Å². The Balaban J connectivity index is 2.73. The van der Waals surface area contributed by atoms with Gasteiger partial charge in [0.05, 0.1) is 5.60 Å². The normalized spacial score (nSPS) is 17.8. The molecule has 0 spiro atoms. The summed E-state index contributed by atoms with van der Waals surface area (Å²) in [5, 5.41) is 0. The van der Waals surface area contributed by atoms with Crippen molar-refractivity contribution in [2.75, 3.05) is 0 Å². The maximum Gasteiger partial charge on any atom is 0.330 e. The molecule has 0 atom stereocenters. The molecule has 0 heterocycles. The molecule has 1 rings (SSSR count). The van der Waals surface area contributed by atoms with Gasteiger partial charge in [0.15, 0.2) is 0 Å². The van der Waals surface area contributed by atoms with E-state index in [2.05, 4.69) is 12.6 Å². The Morgan fingerprint density at radius 1 is 1.39 bits per heavy atom. The van der Waals surface area contributed by atoms with E-state index in [1.807, 2.05) is 40.7 Å². The van der Waals surface area contributed by atoms with E-state index >= 15 is 0 Å². The number of hydrogen-bond donors (Lipinski definition) is 1. The Bertz CT molecular complexity index is 366. The van der Waals surface area contributed by atoms with Crippen molar-refractivity contribution >= 4 is 20.1 Å². The van der Waals surface area contributed by atoms with Crippen LogP contribution in [0.1, 0.15) is 53.9 Å². The van der Waals surface area contributed by atoms with Gasteiger partial charge in [-0.05, 0) is 46.1 Å². The highest BCUT2D eigenvalue weighted by molar-refractivity contribution is 7.81. The lowest BCUT2D eigenvalue weighted by Crippen LogP contribution is -2.44. The zero-order chi connectivity index (χ0) is 14.0. The van der Waals surface area contributed by atoms with Crippen LogP contribution in [-0.4, -0.2) is 17.8 Å². The number of hydrogen-bond acceptors (Lipinski definition) is 2. The molecular formula is C14H23BFOS. The van der Waals surface area contributed by atoms with Crippen LogP contribution in [0.4, 0.5) is 4.39 Å². The lowest BCUT2D eigenvalue weighted by molar-refractivity contribution is 0.0845. The van der Waals surface area contributed by atoms with Gasteiger partial charge in [-0.3, -0.25) is 0 Å². The van der Waals surface area contributed by atoms with Gasteiger partial charge in [0.2, 0.25) is 0 Å². The summed E-state index contributed by atoms with van der Waals surface area (Å²) < 4.78 is 19.3. The molecule has 0 fully saturated rings. The minimum Gasteiger partial charge on any atom is -0.428 e. The van der Waals surface area contributed by atoms with E-state index in [1.54, 1.807) is 7.48 Å². The van der Waals surface area contributed by atoms with Crippen molar-refractivity contribution in [2.24, 2.45) is 0 Å². The van der Waals surface area contributed by atoms with Gasteiger partial charge < -0.3 is 4.65 Å². The summed E-state index contributed by atoms with van der Waals surface area (Å²) in [6.45, 7) is 9.97. The van der Waals surface area contributed by atoms with Crippen molar-refractivity contribution in [3.05, 3.63) is 22.9 Å². The molecule has 0 amide bonds. The van der Waals surface area contributed by atoms with Crippen LogP contribution >= 0.6 is 12.6 Å². The van der Waals surface area contributed by atoms with Crippen molar-refractivity contribution < 1.29 is 9.04 Å². The van der Waals surface area contributed by atoms with Crippen LogP contribution in [0.5, 0.6) is 0 Å². The van der Waals surface area contributed by atoms with Crippen LogP contribution in [0.2, 0.25) is 0 Å². The molecule has 18 heavy (non-hydrogen) atoms. The Morgan fingerprint density at radius 3 is 2.50 bits per heavy atom. The van der Waals surface area contributed by atoms with Gasteiger partial charge in [-0.1, -0.05) is 18.5 Å². The third-order valence-corrected chi connectivity index (χ3v) is 4.25. The van der Waals surface area contributed by atoms with Gasteiger partial charge >= 0.3 is 7.48 Å². The van der Waals surface area contributed by atoms with E-state index in [0.717, 1.165) is 17.5 Å². The van der Waals surface area contributed by atoms with Gasteiger partial charge in [-0.2, -0.15) is 12.6 Å². The molecule has 101 valence electrons. The molecule has 0 unspecified atom stereocenters. The van der Waals surface area contributed by atoms with Crippen molar-refractivity contribution in [3.63, 3.8) is 0 Å². The van der Waals surface area contributed by atoms with Gasteiger partial charge in [-0.15, -0.1) is 0 Å². The minimum absolute atomic E-state index is 0.00205. The Kier molecular flexibility index (Phi) is 5.13. The molecule has 1 aliphatic rings. The standard InChI is InChI=1S/C14H23BFOS/c1-6-10-11(8-7-9-12(10)16)15-17-13(2,3)14(4,5)18/h8,18H,6-7,9H2,1-5H3. The van der Waals surface area contributed by atoms with E-state index in [-0.39, 0.29) is 10.6 Å². The molecular weight excluding hydrogens is 246 g/mol. The van der Waals surface area contributed by atoms with Crippen molar-refractivity contribution in [2.45, 2.75) is 64.2 Å². The number of halogens is 1. The summed E-state index contributed by atoms with van der Waals surface area (Å²) in [5.74, 6) is -0.00205. The number of rotatable bonds is 5. The van der Waals surface area contributed by atoms with E-state index in [1.165, 1.54) is 0 Å². The van der Waals surface area contributed by atoms with Gasteiger partial charge in [-0.25, -0.2) is 4.39 Å². The molecule has 0 saturated carbocycles. The molecule has 4 heteroatoms. The van der Waals surface area contributed by atoms with Gasteiger partial charge in [0.1, 0.15) is 5.83 Å². The number of allylic oxidation sites excluding steroid dienone is 4. The lowest BCUT2D eigenvalue weighted by Gasteiger charge is -2.38. The Labute approximate surface area is 117 Å². The Morgan fingerprint density at radius 2 is 2.00 bits per heavy atom. The van der Waals surface area contributed by atoms with Crippen LogP contribution in [-0.2, 0) is 4.65 Å². The average molecular weight is 269 g/mol. The summed E-state index contributed by atoms with van der Waals surface area (Å²) >= 11 is 4.55. The second kappa shape index (κ2) is 5.83. The maximum atomic E-state index is 13.7. The summed E-state index contributed by atoms with van der Waals surface area (Å²) in [4.78, 5) is 0.